The van der Waals surface area contributed by atoms with Crippen LogP contribution in [-0.4, -0.2) is 26.6 Å². The molecular weight excluding hydrogens is 619 g/mol. The summed E-state index contributed by atoms with van der Waals surface area (Å²) in [5.41, 5.74) is 8.69. The van der Waals surface area contributed by atoms with E-state index in [1.54, 1.807) is 4.68 Å². The Balaban J connectivity index is 1.34. The van der Waals surface area contributed by atoms with Crippen LogP contribution >= 0.6 is 0 Å². The van der Waals surface area contributed by atoms with E-state index in [0.717, 1.165) is 60.9 Å². The fourth-order valence-electron chi connectivity index (χ4n) is 7.95. The summed E-state index contributed by atoms with van der Waals surface area (Å²) < 4.78 is 31.9. The van der Waals surface area contributed by atoms with Crippen LogP contribution in [-0.2, 0) is 41.1 Å². The number of fused-ring (bicyclic) bond motifs is 3. The molecule has 244 valence electrons. The number of hydrogen-bond donors (Lipinski definition) is 2. The molecule has 2 amide bonds. The average molecular weight is 658 g/mol. The number of urea groups is 1. The molecule has 48 heavy (non-hydrogen) atoms. The zero-order valence-corrected chi connectivity index (χ0v) is 28.1. The van der Waals surface area contributed by atoms with Crippen LogP contribution in [0.1, 0.15) is 70.3 Å². The van der Waals surface area contributed by atoms with E-state index in [1.165, 1.54) is 34.0 Å². The van der Waals surface area contributed by atoms with Crippen LogP contribution in [0.25, 0.3) is 0 Å². The molecule has 0 spiro atoms. The van der Waals surface area contributed by atoms with Gasteiger partial charge >= 0.3 is 6.03 Å². The fourth-order valence-corrected chi connectivity index (χ4v) is 9.83. The van der Waals surface area contributed by atoms with Crippen LogP contribution in [0.3, 0.4) is 0 Å². The number of nitrogens with one attached hydrogen (secondary N) is 2. The van der Waals surface area contributed by atoms with Gasteiger partial charge in [-0.25, -0.2) is 18.4 Å². The molecule has 1 aromatic heterocycles. The van der Waals surface area contributed by atoms with Gasteiger partial charge in [0, 0.05) is 5.69 Å². The van der Waals surface area contributed by atoms with E-state index in [4.69, 9.17) is 4.74 Å². The van der Waals surface area contributed by atoms with Crippen molar-refractivity contribution in [2.75, 3.05) is 11.9 Å². The molecule has 2 N–H and O–H groups in total. The molecule has 1 unspecified atom stereocenters. The Hall–Kier alpha value is -4.73. The third kappa shape index (κ3) is 4.95. The zero-order valence-electron chi connectivity index (χ0n) is 27.2. The molecule has 0 bridgehead atoms. The first-order valence-corrected chi connectivity index (χ1v) is 18.3. The van der Waals surface area contributed by atoms with Crippen LogP contribution in [0.5, 0.6) is 5.88 Å². The van der Waals surface area contributed by atoms with Crippen LogP contribution in [0, 0.1) is 6.92 Å². The molecule has 0 radical (unpaired) electrons. The number of benzene rings is 4. The molecule has 5 aromatic rings. The molecule has 8 rings (SSSR count). The van der Waals surface area contributed by atoms with Gasteiger partial charge in [0.1, 0.15) is 17.0 Å². The number of rotatable bonds is 7. The van der Waals surface area contributed by atoms with Gasteiger partial charge in [0.05, 0.1) is 12.2 Å². The quantitative estimate of drug-likeness (QED) is 0.176. The van der Waals surface area contributed by atoms with Gasteiger partial charge in [-0.15, -0.1) is 4.36 Å². The molecule has 0 saturated carbocycles. The highest BCUT2D eigenvalue weighted by Gasteiger charge is 2.42. The average Bonchev–Trinajstić information content (AvgIpc) is 3.93. The molecule has 2 aliphatic carbocycles. The predicted molar refractivity (Wildman–Crippen MR) is 188 cm³/mol. The second-order valence-corrected chi connectivity index (χ2v) is 14.9. The Morgan fingerprint density at radius 1 is 0.833 bits per heavy atom. The van der Waals surface area contributed by atoms with Gasteiger partial charge in [-0.1, -0.05) is 91.0 Å². The van der Waals surface area contributed by atoms with Crippen molar-refractivity contribution in [2.24, 2.45) is 4.36 Å². The first-order chi connectivity index (χ1) is 23.4. The minimum atomic E-state index is -3.78. The SMILES string of the molecule is Cc1c2c(c(NC(=O)N=S(=O)(NC(c3ccccc3)(c3ccccc3)c3ccccc3)c3cnn4c3OC[C@H]4C)c3c1CCC3)CCC2. The Bertz CT molecular complexity index is 2010. The van der Waals surface area contributed by atoms with Gasteiger partial charge in [0.15, 0.2) is 9.92 Å². The second kappa shape index (κ2) is 12.1. The number of nitrogens with zero attached hydrogens (tertiary/aromatic N) is 3. The van der Waals surface area contributed by atoms with Gasteiger partial charge in [0.25, 0.3) is 0 Å². The van der Waals surface area contributed by atoms with Crippen LogP contribution in [0.15, 0.2) is 106 Å². The van der Waals surface area contributed by atoms with Crippen molar-refractivity contribution in [1.29, 1.82) is 0 Å². The first-order valence-electron chi connectivity index (χ1n) is 16.8. The Morgan fingerprint density at radius 3 is 1.85 bits per heavy atom. The molecule has 0 saturated heterocycles. The fraction of sp³-hybridized carbons (Fsp3) is 0.282. The summed E-state index contributed by atoms with van der Waals surface area (Å²) in [6, 6.07) is 29.0. The Labute approximate surface area is 281 Å². The van der Waals surface area contributed by atoms with E-state index < -0.39 is 21.5 Å². The summed E-state index contributed by atoms with van der Waals surface area (Å²) in [5, 5.41) is 7.74. The van der Waals surface area contributed by atoms with E-state index in [1.807, 2.05) is 97.9 Å². The number of amides is 2. The summed E-state index contributed by atoms with van der Waals surface area (Å²) in [7, 11) is -3.78. The lowest BCUT2D eigenvalue weighted by Gasteiger charge is -2.37. The van der Waals surface area contributed by atoms with Crippen molar-refractivity contribution in [2.45, 2.75) is 68.8 Å². The number of anilines is 1. The van der Waals surface area contributed by atoms with Crippen molar-refractivity contribution in [3.05, 3.63) is 142 Å². The number of carbonyl (C=O) groups excluding carboxylic acids is 1. The molecule has 2 atom stereocenters. The maximum Gasteiger partial charge on any atom is 0.354 e. The summed E-state index contributed by atoms with van der Waals surface area (Å²) in [4.78, 5) is 14.5. The van der Waals surface area contributed by atoms with E-state index in [2.05, 4.69) is 26.4 Å². The lowest BCUT2D eigenvalue weighted by molar-refractivity contribution is 0.260. The van der Waals surface area contributed by atoms with Crippen LogP contribution in [0.4, 0.5) is 10.5 Å². The minimum Gasteiger partial charge on any atom is -0.475 e. The van der Waals surface area contributed by atoms with Gasteiger partial charge in [-0.05, 0) is 96.9 Å². The molecule has 2 heterocycles. The smallest absolute Gasteiger partial charge is 0.354 e. The summed E-state index contributed by atoms with van der Waals surface area (Å²) >= 11 is 0. The third-order valence-electron chi connectivity index (χ3n) is 10.2. The third-order valence-corrected chi connectivity index (χ3v) is 12.1. The molecule has 0 fully saturated rings. The highest BCUT2D eigenvalue weighted by molar-refractivity contribution is 7.92. The van der Waals surface area contributed by atoms with Crippen molar-refractivity contribution >= 4 is 21.6 Å². The summed E-state index contributed by atoms with van der Waals surface area (Å²) in [5.74, 6) is 0.358. The van der Waals surface area contributed by atoms with Gasteiger partial charge in [-0.3, -0.25) is 0 Å². The lowest BCUT2D eigenvalue weighted by Crippen LogP contribution is -2.48. The van der Waals surface area contributed by atoms with Gasteiger partial charge < -0.3 is 10.1 Å². The second-order valence-electron chi connectivity index (χ2n) is 13.0. The molecule has 9 heteroatoms. The van der Waals surface area contributed by atoms with E-state index >= 15 is 4.21 Å². The molecule has 1 aliphatic heterocycles. The zero-order chi connectivity index (χ0) is 32.9. The van der Waals surface area contributed by atoms with E-state index in [-0.39, 0.29) is 10.9 Å². The molecule has 8 nitrogen and oxygen atoms in total. The van der Waals surface area contributed by atoms with Gasteiger partial charge in [-0.2, -0.15) is 5.10 Å². The van der Waals surface area contributed by atoms with Crippen molar-refractivity contribution < 1.29 is 13.7 Å². The minimum absolute atomic E-state index is 0.0499. The predicted octanol–water partition coefficient (Wildman–Crippen LogP) is 7.68. The molecule has 4 aromatic carbocycles. The van der Waals surface area contributed by atoms with E-state index in [0.29, 0.717) is 12.5 Å². The maximum absolute atomic E-state index is 15.9. The largest absolute Gasteiger partial charge is 0.475 e. The van der Waals surface area contributed by atoms with Crippen LogP contribution in [0.2, 0.25) is 0 Å². The highest BCUT2D eigenvalue weighted by Crippen LogP contribution is 2.43. The van der Waals surface area contributed by atoms with Crippen molar-refractivity contribution in [1.82, 2.24) is 14.5 Å². The number of aromatic nitrogens is 2. The Kier molecular flexibility index (Phi) is 7.69. The van der Waals surface area contributed by atoms with Crippen molar-refractivity contribution in [3.63, 3.8) is 0 Å². The van der Waals surface area contributed by atoms with Crippen LogP contribution < -0.4 is 14.8 Å². The maximum atomic E-state index is 15.9. The Morgan fingerprint density at radius 2 is 1.33 bits per heavy atom. The van der Waals surface area contributed by atoms with Gasteiger partial charge in [0.2, 0.25) is 5.88 Å². The molecular formula is C39H39N5O3S. The first kappa shape index (κ1) is 30.6. The highest BCUT2D eigenvalue weighted by atomic mass is 32.2. The normalized spacial score (nSPS) is 17.6. The lowest BCUT2D eigenvalue weighted by atomic mass is 9.78. The molecule has 3 aliphatic rings. The number of carbonyl (C=O) groups is 1. The summed E-state index contributed by atoms with van der Waals surface area (Å²) in [6.45, 7) is 4.60. The topological polar surface area (TPSA) is 97.6 Å². The monoisotopic (exact) mass is 657 g/mol. The van der Waals surface area contributed by atoms with E-state index in [9.17, 15) is 4.79 Å². The van der Waals surface area contributed by atoms with Crippen molar-refractivity contribution in [3.8, 4) is 5.88 Å². The summed E-state index contributed by atoms with van der Waals surface area (Å²) in [6.07, 6.45) is 7.50. The number of hydrogen-bond acceptors (Lipinski definition) is 4. The standard InChI is InChI=1S/C39H39N5O3S/c1-26-25-47-37-35(24-40-44(26)37)48(46,42-38(45)41-36-33-22-12-20-31(33)27(2)32-21-13-23-34(32)36)43-39(28-14-6-3-7-15-28,29-16-8-4-9-17-29)30-18-10-5-11-19-30/h3-11,14-19,24,26H,12-13,20-23,25H2,1-2H3,(H2,41,42,43,45,46)/t26-,48?/m1/s1. The number of ether oxygens (including phenoxy) is 1.